The van der Waals surface area contributed by atoms with Crippen molar-refractivity contribution in [2.45, 2.75) is 32.4 Å². The van der Waals surface area contributed by atoms with Crippen molar-refractivity contribution in [3.05, 3.63) is 35.6 Å². The highest BCUT2D eigenvalue weighted by Crippen LogP contribution is 2.34. The van der Waals surface area contributed by atoms with E-state index in [9.17, 15) is 4.39 Å². The summed E-state index contributed by atoms with van der Waals surface area (Å²) in [6.45, 7) is 7.25. The fraction of sp³-hybridized carbons (Fsp3) is 0.545. The van der Waals surface area contributed by atoms with E-state index in [0.29, 0.717) is 61.6 Å². The van der Waals surface area contributed by atoms with Crippen LogP contribution in [0.1, 0.15) is 25.3 Å². The lowest BCUT2D eigenvalue weighted by Crippen LogP contribution is -2.43. The molecule has 2 fully saturated rings. The summed E-state index contributed by atoms with van der Waals surface area (Å²) < 4.78 is 31.8. The molecule has 0 spiro atoms. The molecule has 3 heterocycles. The monoisotopic (exact) mass is 448 g/mol. The number of anilines is 1. The summed E-state index contributed by atoms with van der Waals surface area (Å²) in [6, 6.07) is 6.65. The van der Waals surface area contributed by atoms with Crippen LogP contribution in [-0.2, 0) is 16.0 Å². The van der Waals surface area contributed by atoms with Gasteiger partial charge in [-0.15, -0.1) is 0 Å². The maximum absolute atomic E-state index is 14.7. The number of benzene rings is 1. The number of nitrogens with zero attached hydrogens (tertiary/aromatic N) is 3. The van der Waals surface area contributed by atoms with E-state index in [0.717, 1.165) is 31.6 Å². The van der Waals surface area contributed by atoms with Gasteiger partial charge in [0.15, 0.2) is 5.11 Å². The van der Waals surface area contributed by atoms with E-state index in [2.05, 4.69) is 20.3 Å². The van der Waals surface area contributed by atoms with Gasteiger partial charge in [0.05, 0.1) is 31.4 Å². The number of halogens is 1. The van der Waals surface area contributed by atoms with Crippen LogP contribution in [0.4, 0.5) is 10.3 Å². The SMILES string of the molecule is CCNC(=S)N(Cc1c(-c2ccccc2F)noc1N1CCOCC1)C[C@@H]1CCCO1. The van der Waals surface area contributed by atoms with E-state index >= 15 is 0 Å². The van der Waals surface area contributed by atoms with Gasteiger partial charge in [-0.25, -0.2) is 4.39 Å². The molecular weight excluding hydrogens is 419 g/mol. The average Bonchev–Trinajstić information content (AvgIpc) is 3.44. The Balaban J connectivity index is 1.69. The van der Waals surface area contributed by atoms with E-state index in [1.807, 2.05) is 6.92 Å². The summed E-state index contributed by atoms with van der Waals surface area (Å²) >= 11 is 5.67. The molecule has 0 saturated carbocycles. The van der Waals surface area contributed by atoms with Crippen LogP contribution in [0.25, 0.3) is 11.3 Å². The lowest BCUT2D eigenvalue weighted by molar-refractivity contribution is 0.0897. The Labute approximate surface area is 187 Å². The van der Waals surface area contributed by atoms with Crippen LogP contribution >= 0.6 is 12.2 Å². The fourth-order valence-corrected chi connectivity index (χ4v) is 4.31. The summed E-state index contributed by atoms with van der Waals surface area (Å²) in [4.78, 5) is 4.19. The van der Waals surface area contributed by atoms with Gasteiger partial charge in [0.2, 0.25) is 5.88 Å². The number of rotatable bonds is 7. The third kappa shape index (κ3) is 5.16. The Morgan fingerprint density at radius 2 is 2.10 bits per heavy atom. The molecule has 31 heavy (non-hydrogen) atoms. The van der Waals surface area contributed by atoms with Gasteiger partial charge >= 0.3 is 0 Å². The second-order valence-electron chi connectivity index (χ2n) is 7.75. The van der Waals surface area contributed by atoms with E-state index < -0.39 is 0 Å². The Hall–Kier alpha value is -2.23. The van der Waals surface area contributed by atoms with Crippen molar-refractivity contribution in [1.29, 1.82) is 0 Å². The lowest BCUT2D eigenvalue weighted by Gasteiger charge is -2.30. The Morgan fingerprint density at radius 3 is 2.81 bits per heavy atom. The van der Waals surface area contributed by atoms with E-state index in [4.69, 9.17) is 26.2 Å². The number of ether oxygens (including phenoxy) is 2. The van der Waals surface area contributed by atoms with Crippen LogP contribution in [0.15, 0.2) is 28.8 Å². The quantitative estimate of drug-likeness (QED) is 0.648. The maximum atomic E-state index is 14.7. The molecule has 1 aromatic carbocycles. The van der Waals surface area contributed by atoms with Crippen molar-refractivity contribution in [1.82, 2.24) is 15.4 Å². The first kappa shape index (κ1) is 22.0. The largest absolute Gasteiger partial charge is 0.378 e. The highest BCUT2D eigenvalue weighted by molar-refractivity contribution is 7.80. The third-order valence-electron chi connectivity index (χ3n) is 5.61. The number of aromatic nitrogens is 1. The standard InChI is InChI=1S/C22H29FN4O3S/c1-2-24-22(31)27(14-16-6-5-11-29-16)15-18-20(17-7-3-4-8-19(17)23)25-30-21(18)26-9-12-28-13-10-26/h3-4,7-8,16H,2,5-6,9-15H2,1H3,(H,24,31)/t16-/m0/s1. The molecular formula is C22H29FN4O3S. The van der Waals surface area contributed by atoms with Crippen molar-refractivity contribution >= 4 is 23.2 Å². The average molecular weight is 449 g/mol. The van der Waals surface area contributed by atoms with Crippen molar-refractivity contribution < 1.29 is 18.4 Å². The zero-order chi connectivity index (χ0) is 21.6. The minimum atomic E-state index is -0.328. The minimum Gasteiger partial charge on any atom is -0.378 e. The number of nitrogens with one attached hydrogen (secondary N) is 1. The molecule has 2 saturated heterocycles. The molecule has 2 aromatic rings. The molecule has 2 aliphatic heterocycles. The van der Waals surface area contributed by atoms with Gasteiger partial charge < -0.3 is 29.1 Å². The summed E-state index contributed by atoms with van der Waals surface area (Å²) in [7, 11) is 0. The van der Waals surface area contributed by atoms with Crippen molar-refractivity contribution in [2.75, 3.05) is 50.9 Å². The van der Waals surface area contributed by atoms with E-state index in [-0.39, 0.29) is 11.9 Å². The molecule has 7 nitrogen and oxygen atoms in total. The van der Waals surface area contributed by atoms with Crippen LogP contribution in [0.5, 0.6) is 0 Å². The van der Waals surface area contributed by atoms with Gasteiger partial charge in [-0.05, 0) is 44.1 Å². The first-order valence-corrected chi connectivity index (χ1v) is 11.3. The number of hydrogen-bond acceptors (Lipinski definition) is 6. The predicted octanol–water partition coefficient (Wildman–Crippen LogP) is 3.19. The second-order valence-corrected chi connectivity index (χ2v) is 8.13. The van der Waals surface area contributed by atoms with Crippen LogP contribution in [0.3, 0.4) is 0 Å². The first-order valence-electron chi connectivity index (χ1n) is 10.9. The summed E-state index contributed by atoms with van der Waals surface area (Å²) in [5.74, 6) is 0.323. The molecule has 0 unspecified atom stereocenters. The van der Waals surface area contributed by atoms with Gasteiger partial charge in [-0.1, -0.05) is 17.3 Å². The molecule has 0 bridgehead atoms. The third-order valence-corrected chi connectivity index (χ3v) is 6.01. The van der Waals surface area contributed by atoms with Gasteiger partial charge in [0.1, 0.15) is 11.5 Å². The molecule has 0 aliphatic carbocycles. The van der Waals surface area contributed by atoms with Gasteiger partial charge in [0, 0.05) is 38.3 Å². The zero-order valence-electron chi connectivity index (χ0n) is 17.8. The van der Waals surface area contributed by atoms with Crippen LogP contribution in [0.2, 0.25) is 0 Å². The smallest absolute Gasteiger partial charge is 0.233 e. The van der Waals surface area contributed by atoms with Gasteiger partial charge in [-0.2, -0.15) is 0 Å². The lowest BCUT2D eigenvalue weighted by atomic mass is 10.1. The zero-order valence-corrected chi connectivity index (χ0v) is 18.6. The van der Waals surface area contributed by atoms with E-state index in [1.165, 1.54) is 6.07 Å². The predicted molar refractivity (Wildman–Crippen MR) is 121 cm³/mol. The van der Waals surface area contributed by atoms with Crippen molar-refractivity contribution in [3.63, 3.8) is 0 Å². The Kier molecular flexibility index (Phi) is 7.37. The van der Waals surface area contributed by atoms with Crippen LogP contribution in [-0.4, -0.2) is 67.3 Å². The number of morpholine rings is 1. The summed E-state index contributed by atoms with van der Waals surface area (Å²) in [6.07, 6.45) is 2.19. The summed E-state index contributed by atoms with van der Waals surface area (Å²) in [5, 5.41) is 8.18. The van der Waals surface area contributed by atoms with Gasteiger partial charge in [0.25, 0.3) is 0 Å². The molecule has 1 atom stereocenters. The minimum absolute atomic E-state index is 0.125. The summed E-state index contributed by atoms with van der Waals surface area (Å²) in [5.41, 5.74) is 1.76. The van der Waals surface area contributed by atoms with Crippen molar-refractivity contribution in [2.24, 2.45) is 0 Å². The molecule has 2 aliphatic rings. The number of hydrogen-bond donors (Lipinski definition) is 1. The molecule has 4 rings (SSSR count). The van der Waals surface area contributed by atoms with Crippen molar-refractivity contribution in [3.8, 4) is 11.3 Å². The normalized spacial score (nSPS) is 18.9. The molecule has 1 N–H and O–H groups in total. The number of thiocarbonyl (C=S) groups is 1. The second kappa shape index (κ2) is 10.4. The van der Waals surface area contributed by atoms with Crippen LogP contribution < -0.4 is 10.2 Å². The topological polar surface area (TPSA) is 63.0 Å². The molecule has 0 radical (unpaired) electrons. The fourth-order valence-electron chi connectivity index (χ4n) is 4.03. The molecule has 1 aromatic heterocycles. The Morgan fingerprint density at radius 1 is 1.29 bits per heavy atom. The van der Waals surface area contributed by atoms with E-state index in [1.54, 1.807) is 18.2 Å². The first-order chi connectivity index (χ1) is 15.2. The molecule has 168 valence electrons. The maximum Gasteiger partial charge on any atom is 0.233 e. The van der Waals surface area contributed by atoms with Gasteiger partial charge in [-0.3, -0.25) is 0 Å². The highest BCUT2D eigenvalue weighted by atomic mass is 32.1. The molecule has 0 amide bonds. The Bertz CT molecular complexity index is 881. The van der Waals surface area contributed by atoms with Crippen LogP contribution in [0, 0.1) is 5.82 Å². The highest BCUT2D eigenvalue weighted by Gasteiger charge is 2.29. The molecule has 9 heteroatoms.